The number of aromatic nitrogens is 5. The summed E-state index contributed by atoms with van der Waals surface area (Å²) in [5, 5.41) is 7.49. The van der Waals surface area contributed by atoms with Crippen molar-refractivity contribution in [2.75, 3.05) is 6.54 Å². The third-order valence-corrected chi connectivity index (χ3v) is 4.67. The quantitative estimate of drug-likeness (QED) is 0.742. The van der Waals surface area contributed by atoms with Gasteiger partial charge < -0.3 is 9.88 Å². The van der Waals surface area contributed by atoms with Gasteiger partial charge in [0.05, 0.1) is 18.2 Å². The molecule has 3 aromatic rings. The van der Waals surface area contributed by atoms with Crippen LogP contribution in [0.2, 0.25) is 0 Å². The number of likely N-dealkylation sites (tertiary alicyclic amines) is 1. The van der Waals surface area contributed by atoms with Gasteiger partial charge in [0.15, 0.2) is 0 Å². The Hall–Kier alpha value is -3.36. The van der Waals surface area contributed by atoms with E-state index in [4.69, 9.17) is 0 Å². The van der Waals surface area contributed by atoms with Crippen LogP contribution in [0.3, 0.4) is 0 Å². The molecule has 1 aliphatic rings. The molecule has 138 valence electrons. The van der Waals surface area contributed by atoms with Crippen LogP contribution in [0.25, 0.3) is 11.3 Å². The molecule has 3 aromatic heterocycles. The zero-order valence-electron chi connectivity index (χ0n) is 14.8. The van der Waals surface area contributed by atoms with E-state index in [1.165, 1.54) is 6.07 Å². The molecule has 1 aliphatic heterocycles. The van der Waals surface area contributed by atoms with Crippen molar-refractivity contribution in [2.45, 2.75) is 32.2 Å². The highest BCUT2D eigenvalue weighted by Crippen LogP contribution is 2.30. The Labute approximate surface area is 154 Å². The molecule has 0 radical (unpaired) electrons. The van der Waals surface area contributed by atoms with Crippen LogP contribution in [-0.2, 0) is 11.2 Å². The minimum atomic E-state index is -0.276. The molecule has 1 atom stereocenters. The standard InChI is InChI=1S/C18H18N6O3/c1-11-13(23-27-22-11)9-17(26)24-7-3-5-15(24)18-20-14(8-16(25)21-18)12-4-2-6-19-10-12/h2,4,6,8,10,15H,3,5,7,9H2,1H3,(H,20,21,25)/t15-/m0/s1. The van der Waals surface area contributed by atoms with Gasteiger partial charge in [0.2, 0.25) is 5.91 Å². The normalized spacial score (nSPS) is 16.6. The number of amides is 1. The average molecular weight is 366 g/mol. The van der Waals surface area contributed by atoms with Gasteiger partial charge >= 0.3 is 0 Å². The predicted octanol–water partition coefficient (Wildman–Crippen LogP) is 1.43. The Morgan fingerprint density at radius 1 is 1.41 bits per heavy atom. The summed E-state index contributed by atoms with van der Waals surface area (Å²) in [6.45, 7) is 2.35. The van der Waals surface area contributed by atoms with E-state index in [1.54, 1.807) is 30.3 Å². The van der Waals surface area contributed by atoms with Gasteiger partial charge in [0.1, 0.15) is 17.2 Å². The van der Waals surface area contributed by atoms with Crippen molar-refractivity contribution in [3.63, 3.8) is 0 Å². The van der Waals surface area contributed by atoms with Crippen LogP contribution in [0.15, 0.2) is 40.0 Å². The predicted molar refractivity (Wildman–Crippen MR) is 94.5 cm³/mol. The smallest absolute Gasteiger partial charge is 0.251 e. The molecule has 0 bridgehead atoms. The lowest BCUT2D eigenvalue weighted by Crippen LogP contribution is -2.33. The molecule has 0 aromatic carbocycles. The number of hydrogen-bond acceptors (Lipinski definition) is 7. The van der Waals surface area contributed by atoms with E-state index >= 15 is 0 Å². The van der Waals surface area contributed by atoms with Crippen LogP contribution < -0.4 is 5.56 Å². The first kappa shape index (κ1) is 17.1. The van der Waals surface area contributed by atoms with Crippen molar-refractivity contribution in [1.82, 2.24) is 30.2 Å². The Bertz CT molecular complexity index is 1010. The summed E-state index contributed by atoms with van der Waals surface area (Å²) in [5.41, 5.74) is 2.16. The van der Waals surface area contributed by atoms with E-state index in [1.807, 2.05) is 6.07 Å². The fourth-order valence-corrected chi connectivity index (χ4v) is 3.30. The first-order valence-electron chi connectivity index (χ1n) is 8.71. The first-order chi connectivity index (χ1) is 13.1. The van der Waals surface area contributed by atoms with Crippen LogP contribution in [-0.4, -0.2) is 42.6 Å². The summed E-state index contributed by atoms with van der Waals surface area (Å²) in [5.74, 6) is 0.396. The number of carbonyl (C=O) groups is 1. The molecule has 1 fully saturated rings. The Balaban J connectivity index is 1.62. The third-order valence-electron chi connectivity index (χ3n) is 4.67. The van der Waals surface area contributed by atoms with Crippen LogP contribution in [0.4, 0.5) is 0 Å². The molecule has 4 heterocycles. The highest BCUT2D eigenvalue weighted by atomic mass is 16.6. The number of carbonyl (C=O) groups excluding carboxylic acids is 1. The second-order valence-corrected chi connectivity index (χ2v) is 6.48. The van der Waals surface area contributed by atoms with Crippen molar-refractivity contribution < 1.29 is 9.42 Å². The molecular weight excluding hydrogens is 348 g/mol. The summed E-state index contributed by atoms with van der Waals surface area (Å²) in [7, 11) is 0. The van der Waals surface area contributed by atoms with Crippen molar-refractivity contribution in [2.24, 2.45) is 0 Å². The second kappa shape index (κ2) is 7.10. The number of nitrogens with one attached hydrogen (secondary N) is 1. The fourth-order valence-electron chi connectivity index (χ4n) is 3.30. The van der Waals surface area contributed by atoms with Crippen LogP contribution in [0, 0.1) is 6.92 Å². The summed E-state index contributed by atoms with van der Waals surface area (Å²) < 4.78 is 4.66. The van der Waals surface area contributed by atoms with Gasteiger partial charge in [-0.3, -0.25) is 14.6 Å². The largest absolute Gasteiger partial charge is 0.332 e. The Kier molecular flexibility index (Phi) is 4.49. The van der Waals surface area contributed by atoms with Gasteiger partial charge in [-0.2, -0.15) is 0 Å². The number of aromatic amines is 1. The van der Waals surface area contributed by atoms with Gasteiger partial charge in [-0.25, -0.2) is 9.61 Å². The maximum Gasteiger partial charge on any atom is 0.251 e. The van der Waals surface area contributed by atoms with Crippen molar-refractivity contribution in [1.29, 1.82) is 0 Å². The van der Waals surface area contributed by atoms with Crippen LogP contribution >= 0.6 is 0 Å². The van der Waals surface area contributed by atoms with Crippen molar-refractivity contribution in [3.05, 3.63) is 58.2 Å². The Morgan fingerprint density at radius 3 is 3.04 bits per heavy atom. The van der Waals surface area contributed by atoms with Gasteiger partial charge in [-0.1, -0.05) is 10.3 Å². The lowest BCUT2D eigenvalue weighted by molar-refractivity contribution is -0.131. The van der Waals surface area contributed by atoms with Gasteiger partial charge in [0, 0.05) is 30.6 Å². The van der Waals surface area contributed by atoms with Gasteiger partial charge in [-0.05, 0) is 31.9 Å². The SMILES string of the molecule is Cc1nonc1CC(=O)N1CCC[C@H]1c1nc(-c2cccnc2)cc(=O)[nH]1. The monoisotopic (exact) mass is 366 g/mol. The molecule has 1 amide bonds. The number of nitrogens with zero attached hydrogens (tertiary/aromatic N) is 5. The number of rotatable bonds is 4. The molecule has 4 rings (SSSR count). The number of pyridine rings is 1. The molecule has 1 saturated heterocycles. The minimum Gasteiger partial charge on any atom is -0.332 e. The van der Waals surface area contributed by atoms with Crippen LogP contribution in [0.5, 0.6) is 0 Å². The summed E-state index contributed by atoms with van der Waals surface area (Å²) in [6.07, 6.45) is 5.01. The van der Waals surface area contributed by atoms with E-state index in [0.717, 1.165) is 18.4 Å². The molecular formula is C18H18N6O3. The molecule has 27 heavy (non-hydrogen) atoms. The van der Waals surface area contributed by atoms with Gasteiger partial charge in [0.25, 0.3) is 5.56 Å². The zero-order chi connectivity index (χ0) is 18.8. The first-order valence-corrected chi connectivity index (χ1v) is 8.71. The van der Waals surface area contributed by atoms with Gasteiger partial charge in [-0.15, -0.1) is 0 Å². The zero-order valence-corrected chi connectivity index (χ0v) is 14.8. The molecule has 0 aliphatic carbocycles. The highest BCUT2D eigenvalue weighted by molar-refractivity contribution is 5.79. The topological polar surface area (TPSA) is 118 Å². The summed E-state index contributed by atoms with van der Waals surface area (Å²) in [6, 6.07) is 4.79. The van der Waals surface area contributed by atoms with E-state index in [-0.39, 0.29) is 23.9 Å². The van der Waals surface area contributed by atoms with E-state index < -0.39 is 0 Å². The fraction of sp³-hybridized carbons (Fsp3) is 0.333. The molecule has 1 N–H and O–H groups in total. The maximum atomic E-state index is 12.8. The average Bonchev–Trinajstić information content (AvgIpc) is 3.31. The van der Waals surface area contributed by atoms with Crippen molar-refractivity contribution in [3.8, 4) is 11.3 Å². The number of H-pyrrole nitrogens is 1. The molecule has 0 spiro atoms. The highest BCUT2D eigenvalue weighted by Gasteiger charge is 2.32. The summed E-state index contributed by atoms with van der Waals surface area (Å²) in [4.78, 5) is 38.1. The van der Waals surface area contributed by atoms with E-state index in [2.05, 4.69) is 29.9 Å². The minimum absolute atomic E-state index is 0.0919. The molecule has 9 heteroatoms. The van der Waals surface area contributed by atoms with Crippen molar-refractivity contribution >= 4 is 5.91 Å². The lowest BCUT2D eigenvalue weighted by atomic mass is 10.1. The molecule has 9 nitrogen and oxygen atoms in total. The van der Waals surface area contributed by atoms with E-state index in [0.29, 0.717) is 29.5 Å². The molecule has 0 saturated carbocycles. The lowest BCUT2D eigenvalue weighted by Gasteiger charge is -2.24. The number of aryl methyl sites for hydroxylation is 1. The maximum absolute atomic E-state index is 12.8. The van der Waals surface area contributed by atoms with E-state index in [9.17, 15) is 9.59 Å². The second-order valence-electron chi connectivity index (χ2n) is 6.48. The third kappa shape index (κ3) is 3.48. The summed E-state index contributed by atoms with van der Waals surface area (Å²) >= 11 is 0. The number of hydrogen-bond donors (Lipinski definition) is 1. The molecule has 0 unspecified atom stereocenters. The Morgan fingerprint density at radius 2 is 2.30 bits per heavy atom. The van der Waals surface area contributed by atoms with Crippen LogP contribution in [0.1, 0.15) is 36.1 Å².